The van der Waals surface area contributed by atoms with E-state index >= 15 is 0 Å². The van der Waals surface area contributed by atoms with Crippen molar-refractivity contribution < 1.29 is 29.0 Å². The Bertz CT molecular complexity index is 797. The molecular weight excluding hydrogens is 412 g/mol. The van der Waals surface area contributed by atoms with E-state index in [1.54, 1.807) is 17.1 Å². The molecule has 6 atom stereocenters. The highest BCUT2D eigenvalue weighted by Crippen LogP contribution is 2.65. The Balaban J connectivity index is 2.06. The largest absolute Gasteiger partial charge is 0.465 e. The lowest BCUT2D eigenvalue weighted by Crippen LogP contribution is -2.58. The number of aliphatic hydroxyl groups is 1. The summed E-state index contributed by atoms with van der Waals surface area (Å²) in [5, 5.41) is 9.67. The van der Waals surface area contributed by atoms with Gasteiger partial charge in [-0.3, -0.25) is 14.4 Å². The molecule has 0 aromatic carbocycles. The molecular formula is C24H36N2O6. The molecule has 178 valence electrons. The first-order valence-electron chi connectivity index (χ1n) is 11.4. The monoisotopic (exact) mass is 448 g/mol. The second-order valence-electron chi connectivity index (χ2n) is 9.58. The Morgan fingerprint density at radius 1 is 1.38 bits per heavy atom. The number of nitrogens with zero attached hydrogens (tertiary/aromatic N) is 2. The van der Waals surface area contributed by atoms with Crippen LogP contribution in [0.5, 0.6) is 0 Å². The van der Waals surface area contributed by atoms with Gasteiger partial charge in [0.2, 0.25) is 11.8 Å². The van der Waals surface area contributed by atoms with E-state index in [9.17, 15) is 19.5 Å². The molecule has 0 radical (unpaired) electrons. The quantitative estimate of drug-likeness (QED) is 0.309. The van der Waals surface area contributed by atoms with Crippen molar-refractivity contribution in [3.05, 3.63) is 25.3 Å². The number of β-amino-alcohol motifs (C(OH)–C–C–N with tert-alkyl or cyclic N) is 1. The molecule has 3 aliphatic rings. The van der Waals surface area contributed by atoms with Crippen molar-refractivity contribution in [1.82, 2.24) is 9.80 Å². The topological polar surface area (TPSA) is 96.4 Å². The minimum absolute atomic E-state index is 0.000200. The van der Waals surface area contributed by atoms with Gasteiger partial charge < -0.3 is 24.4 Å². The van der Waals surface area contributed by atoms with Crippen molar-refractivity contribution in [3.8, 4) is 0 Å². The highest BCUT2D eigenvalue weighted by atomic mass is 16.6. The number of esters is 1. The van der Waals surface area contributed by atoms with E-state index in [1.165, 1.54) is 4.90 Å². The normalized spacial score (nSPS) is 35.2. The predicted octanol–water partition coefficient (Wildman–Crippen LogP) is 1.53. The van der Waals surface area contributed by atoms with Gasteiger partial charge in [-0.15, -0.1) is 13.2 Å². The van der Waals surface area contributed by atoms with Gasteiger partial charge in [0.05, 0.1) is 24.7 Å². The molecule has 3 aliphatic heterocycles. The Labute approximate surface area is 190 Å². The lowest BCUT2D eigenvalue weighted by Gasteiger charge is -2.38. The van der Waals surface area contributed by atoms with Gasteiger partial charge in [0.15, 0.2) is 0 Å². The zero-order valence-corrected chi connectivity index (χ0v) is 19.6. The van der Waals surface area contributed by atoms with Crippen molar-refractivity contribution >= 4 is 17.8 Å². The summed E-state index contributed by atoms with van der Waals surface area (Å²) >= 11 is 0. The predicted molar refractivity (Wildman–Crippen MR) is 118 cm³/mol. The molecule has 2 bridgehead atoms. The van der Waals surface area contributed by atoms with Crippen LogP contribution in [0.4, 0.5) is 0 Å². The van der Waals surface area contributed by atoms with Crippen molar-refractivity contribution in [2.75, 3.05) is 26.3 Å². The summed E-state index contributed by atoms with van der Waals surface area (Å²) in [6.45, 7) is 15.3. The lowest BCUT2D eigenvalue weighted by molar-refractivity contribution is -0.162. The van der Waals surface area contributed by atoms with E-state index in [1.807, 2.05) is 27.7 Å². The van der Waals surface area contributed by atoms with Gasteiger partial charge in [0.1, 0.15) is 17.6 Å². The molecule has 0 aromatic rings. The van der Waals surface area contributed by atoms with E-state index in [4.69, 9.17) is 9.47 Å². The van der Waals surface area contributed by atoms with Crippen LogP contribution in [0.2, 0.25) is 0 Å². The highest BCUT2D eigenvalue weighted by Gasteiger charge is 2.80. The summed E-state index contributed by atoms with van der Waals surface area (Å²) in [5.41, 5.74) is -2.04. The Hall–Kier alpha value is -2.19. The zero-order valence-electron chi connectivity index (χ0n) is 19.6. The van der Waals surface area contributed by atoms with Crippen molar-refractivity contribution in [2.24, 2.45) is 17.8 Å². The maximum Gasteiger partial charge on any atom is 0.312 e. The third-order valence-electron chi connectivity index (χ3n) is 7.44. The molecule has 3 heterocycles. The zero-order chi connectivity index (χ0) is 23.8. The Morgan fingerprint density at radius 3 is 2.62 bits per heavy atom. The standard InChI is InChI=1S/C24H36N2O6/c1-7-9-13-31-22(30)18-17-20(28)26(11-12-27)19(21(29)25(10-8-2)15(3)4)24(17)14-16(5)23(18,6)32-24/h7-8,15-19,27H,1-2,9-14H2,3-6H3/t16?,17-,18-,19?,23+,24?/m0/s1. The van der Waals surface area contributed by atoms with E-state index < -0.39 is 35.0 Å². The van der Waals surface area contributed by atoms with Gasteiger partial charge in [0.25, 0.3) is 0 Å². The van der Waals surface area contributed by atoms with E-state index in [0.29, 0.717) is 19.4 Å². The number of likely N-dealkylation sites (tertiary alicyclic amines) is 1. The molecule has 8 heteroatoms. The fraction of sp³-hybridized carbons (Fsp3) is 0.708. The van der Waals surface area contributed by atoms with Gasteiger partial charge in [-0.05, 0) is 39.5 Å². The van der Waals surface area contributed by atoms with Crippen molar-refractivity contribution in [2.45, 2.75) is 63.8 Å². The van der Waals surface area contributed by atoms with E-state index in [0.717, 1.165) is 0 Å². The number of carbonyl (C=O) groups excluding carboxylic acids is 3. The van der Waals surface area contributed by atoms with Crippen LogP contribution in [0.1, 0.15) is 40.5 Å². The van der Waals surface area contributed by atoms with Crippen LogP contribution < -0.4 is 0 Å². The molecule has 1 N–H and O–H groups in total. The summed E-state index contributed by atoms with van der Waals surface area (Å²) in [5.74, 6) is -2.75. The summed E-state index contributed by atoms with van der Waals surface area (Å²) in [6.07, 6.45) is 4.30. The van der Waals surface area contributed by atoms with Crippen LogP contribution in [-0.2, 0) is 23.9 Å². The first-order chi connectivity index (χ1) is 15.1. The van der Waals surface area contributed by atoms with Crippen molar-refractivity contribution in [3.63, 3.8) is 0 Å². The minimum atomic E-state index is -1.13. The number of carbonyl (C=O) groups is 3. The summed E-state index contributed by atoms with van der Waals surface area (Å²) in [6, 6.07) is -1.03. The molecule has 32 heavy (non-hydrogen) atoms. The number of hydrogen-bond donors (Lipinski definition) is 1. The van der Waals surface area contributed by atoms with Crippen LogP contribution in [-0.4, -0.2) is 82.3 Å². The first kappa shape index (κ1) is 24.5. The van der Waals surface area contributed by atoms with Gasteiger partial charge >= 0.3 is 5.97 Å². The number of ether oxygens (including phenoxy) is 2. The molecule has 2 amide bonds. The maximum atomic E-state index is 13.8. The van der Waals surface area contributed by atoms with Crippen LogP contribution >= 0.6 is 0 Å². The second kappa shape index (κ2) is 8.98. The van der Waals surface area contributed by atoms with Crippen LogP contribution in [0.25, 0.3) is 0 Å². The number of rotatable bonds is 10. The molecule has 3 fully saturated rings. The summed E-state index contributed by atoms with van der Waals surface area (Å²) in [7, 11) is 0. The fourth-order valence-corrected chi connectivity index (χ4v) is 5.91. The summed E-state index contributed by atoms with van der Waals surface area (Å²) < 4.78 is 12.1. The molecule has 8 nitrogen and oxygen atoms in total. The SMILES string of the molecule is C=CCCOC(=O)[C@@H]1[C@H]2C(=O)N(CCO)C(C(=O)N(CC=C)C(C)C)C23CC(C)[C@@]1(C)O3. The molecule has 1 spiro atoms. The van der Waals surface area contributed by atoms with Crippen LogP contribution in [0.15, 0.2) is 25.3 Å². The fourth-order valence-electron chi connectivity index (χ4n) is 5.91. The highest BCUT2D eigenvalue weighted by molar-refractivity contribution is 5.98. The third-order valence-corrected chi connectivity index (χ3v) is 7.44. The number of aliphatic hydroxyl groups excluding tert-OH is 1. The molecule has 3 unspecified atom stereocenters. The van der Waals surface area contributed by atoms with Gasteiger partial charge in [0, 0.05) is 19.1 Å². The number of hydrogen-bond acceptors (Lipinski definition) is 6. The average molecular weight is 449 g/mol. The number of amides is 2. The van der Waals surface area contributed by atoms with E-state index in [2.05, 4.69) is 13.2 Å². The number of fused-ring (bicyclic) bond motifs is 1. The third kappa shape index (κ3) is 3.48. The smallest absolute Gasteiger partial charge is 0.312 e. The molecule has 0 saturated carbocycles. The molecule has 0 aromatic heterocycles. The average Bonchev–Trinajstić information content (AvgIpc) is 3.23. The molecule has 3 rings (SSSR count). The molecule has 0 aliphatic carbocycles. The Kier molecular flexibility index (Phi) is 6.86. The first-order valence-corrected chi connectivity index (χ1v) is 11.4. The Morgan fingerprint density at radius 2 is 2.06 bits per heavy atom. The van der Waals surface area contributed by atoms with Gasteiger partial charge in [-0.1, -0.05) is 19.1 Å². The summed E-state index contributed by atoms with van der Waals surface area (Å²) in [4.78, 5) is 43.7. The van der Waals surface area contributed by atoms with Crippen LogP contribution in [0, 0.1) is 17.8 Å². The van der Waals surface area contributed by atoms with Crippen molar-refractivity contribution in [1.29, 1.82) is 0 Å². The van der Waals surface area contributed by atoms with Gasteiger partial charge in [-0.25, -0.2) is 0 Å². The van der Waals surface area contributed by atoms with E-state index in [-0.39, 0.29) is 43.5 Å². The minimum Gasteiger partial charge on any atom is -0.465 e. The lowest BCUT2D eigenvalue weighted by atomic mass is 9.62. The maximum absolute atomic E-state index is 13.8. The van der Waals surface area contributed by atoms with Gasteiger partial charge in [-0.2, -0.15) is 0 Å². The van der Waals surface area contributed by atoms with Crippen LogP contribution in [0.3, 0.4) is 0 Å². The second-order valence-corrected chi connectivity index (χ2v) is 9.58. The molecule has 3 saturated heterocycles.